The molecule has 0 aromatic rings. The molecule has 0 saturated carbocycles. The molecule has 0 saturated heterocycles. The van der Waals surface area contributed by atoms with Crippen LogP contribution in [0.2, 0.25) is 0 Å². The van der Waals surface area contributed by atoms with Crippen LogP contribution in [0.5, 0.6) is 0 Å². The summed E-state index contributed by atoms with van der Waals surface area (Å²) in [6.45, 7) is 0. The summed E-state index contributed by atoms with van der Waals surface area (Å²) in [5.41, 5.74) is 0. The van der Waals surface area contributed by atoms with E-state index < -0.39 is 0 Å². The van der Waals surface area contributed by atoms with E-state index in [4.69, 9.17) is 0 Å². The molecule has 0 N–H and O–H groups in total. The van der Waals surface area contributed by atoms with E-state index >= 15 is 0 Å². The molecule has 0 aromatic heterocycles. The molecule has 0 unspecified atom stereocenters. The Labute approximate surface area is 49.6 Å². The molecule has 4 heavy (non-hydrogen) atoms. The minimum atomic E-state index is 0. The molecule has 0 spiro atoms. The topological polar surface area (TPSA) is 0 Å². The minimum absolute atomic E-state index is 0. The number of halogens is 1. The SMILES string of the molecule is C#CCl.[H-].[H-].[Mg+2]. The van der Waals surface area contributed by atoms with E-state index in [9.17, 15) is 0 Å². The van der Waals surface area contributed by atoms with E-state index in [1.807, 2.05) is 0 Å². The second-order valence-electron chi connectivity index (χ2n) is 0.109. The van der Waals surface area contributed by atoms with Crippen LogP contribution < -0.4 is 0 Å². The smallest absolute Gasteiger partial charge is 1.00 e. The molecule has 0 aromatic carbocycles. The summed E-state index contributed by atoms with van der Waals surface area (Å²) in [6.07, 6.45) is 4.36. The average Bonchev–Trinajstić information content (AvgIpc) is 0.918. The molecule has 2 heteroatoms. The Kier molecular flexibility index (Phi) is 20.9. The second-order valence-corrected chi connectivity index (χ2v) is 0.327. The third-order valence-corrected chi connectivity index (χ3v) is 0. The fourth-order valence-corrected chi connectivity index (χ4v) is 0. The van der Waals surface area contributed by atoms with Crippen LogP contribution in [0.25, 0.3) is 0 Å². The molecule has 0 aliphatic carbocycles. The van der Waals surface area contributed by atoms with Gasteiger partial charge in [0, 0.05) is 5.38 Å². The normalized spacial score (nSPS) is 2.00. The van der Waals surface area contributed by atoms with Crippen LogP contribution in [-0.4, -0.2) is 23.1 Å². The van der Waals surface area contributed by atoms with Gasteiger partial charge in [0.15, 0.2) is 0 Å². The molecule has 0 amide bonds. The van der Waals surface area contributed by atoms with Crippen molar-refractivity contribution < 1.29 is 2.85 Å². The zero-order valence-corrected chi connectivity index (χ0v) is 4.33. The number of rotatable bonds is 0. The van der Waals surface area contributed by atoms with E-state index in [2.05, 4.69) is 18.0 Å². The van der Waals surface area contributed by atoms with Gasteiger partial charge in [-0.05, 0) is 11.6 Å². The third-order valence-electron chi connectivity index (χ3n) is 0. The Balaban J connectivity index is -0.00000000667. The summed E-state index contributed by atoms with van der Waals surface area (Å²) in [4.78, 5) is 0. The van der Waals surface area contributed by atoms with E-state index in [0.29, 0.717) is 0 Å². The molecule has 0 heterocycles. The number of terminal acetylenes is 1. The van der Waals surface area contributed by atoms with Gasteiger partial charge in [-0.2, -0.15) is 0 Å². The largest absolute Gasteiger partial charge is 2.00 e. The molecule has 0 aliphatic rings. The van der Waals surface area contributed by atoms with Crippen molar-refractivity contribution in [3.63, 3.8) is 0 Å². The van der Waals surface area contributed by atoms with Crippen LogP contribution in [0.4, 0.5) is 0 Å². The molecule has 0 fully saturated rings. The van der Waals surface area contributed by atoms with Crippen molar-refractivity contribution >= 4 is 34.7 Å². The summed E-state index contributed by atoms with van der Waals surface area (Å²) < 4.78 is 0. The van der Waals surface area contributed by atoms with Crippen molar-refractivity contribution in [1.29, 1.82) is 0 Å². The van der Waals surface area contributed by atoms with Crippen LogP contribution in [0, 0.1) is 11.8 Å². The van der Waals surface area contributed by atoms with Gasteiger partial charge in [-0.1, -0.05) is 0 Å². The molecule has 0 aliphatic heterocycles. The van der Waals surface area contributed by atoms with Crippen molar-refractivity contribution in [2.45, 2.75) is 0 Å². The summed E-state index contributed by atoms with van der Waals surface area (Å²) in [7, 11) is 0. The Morgan fingerprint density at radius 2 is 2.00 bits per heavy atom. The van der Waals surface area contributed by atoms with Crippen LogP contribution in [0.3, 0.4) is 0 Å². The summed E-state index contributed by atoms with van der Waals surface area (Å²) >= 11 is 4.53. The van der Waals surface area contributed by atoms with E-state index in [-0.39, 0.29) is 25.9 Å². The molecular formula is C2H3ClMg. The fraction of sp³-hybridized carbons (Fsp3) is 0. The maximum Gasteiger partial charge on any atom is 2.00 e. The molecular weight excluding hydrogens is 83.8 g/mol. The maximum atomic E-state index is 4.53. The molecule has 20 valence electrons. The minimum Gasteiger partial charge on any atom is -1.00 e. The van der Waals surface area contributed by atoms with Crippen LogP contribution in [0.1, 0.15) is 2.85 Å². The van der Waals surface area contributed by atoms with Crippen molar-refractivity contribution in [1.82, 2.24) is 0 Å². The first-order valence-electron chi connectivity index (χ1n) is 0.478. The summed E-state index contributed by atoms with van der Waals surface area (Å²) in [5, 5.41) is 1.72. The molecule has 0 bridgehead atoms. The Morgan fingerprint density at radius 1 is 2.00 bits per heavy atom. The Hall–Kier alpha value is 0.616. The van der Waals surface area contributed by atoms with Gasteiger partial charge in [-0.15, -0.1) is 6.42 Å². The Morgan fingerprint density at radius 3 is 2.00 bits per heavy atom. The second kappa shape index (κ2) is 9.48. The van der Waals surface area contributed by atoms with Crippen LogP contribution in [-0.2, 0) is 0 Å². The van der Waals surface area contributed by atoms with Gasteiger partial charge in [0.25, 0.3) is 0 Å². The zero-order chi connectivity index (χ0) is 2.71. The molecule has 0 rings (SSSR count). The van der Waals surface area contributed by atoms with Gasteiger partial charge >= 0.3 is 23.1 Å². The van der Waals surface area contributed by atoms with Crippen molar-refractivity contribution in [3.8, 4) is 11.8 Å². The first-order chi connectivity index (χ1) is 1.41. The first kappa shape index (κ1) is 8.82. The van der Waals surface area contributed by atoms with Gasteiger partial charge in [-0.3, -0.25) is 0 Å². The van der Waals surface area contributed by atoms with Gasteiger partial charge < -0.3 is 2.85 Å². The van der Waals surface area contributed by atoms with Crippen molar-refractivity contribution in [2.24, 2.45) is 0 Å². The monoisotopic (exact) mass is 86.0 g/mol. The van der Waals surface area contributed by atoms with Gasteiger partial charge in [-0.25, -0.2) is 0 Å². The zero-order valence-electron chi connectivity index (χ0n) is 4.16. The summed E-state index contributed by atoms with van der Waals surface area (Å²) in [5.74, 6) is 0. The van der Waals surface area contributed by atoms with Crippen LogP contribution in [0.15, 0.2) is 0 Å². The van der Waals surface area contributed by atoms with E-state index in [1.54, 1.807) is 5.38 Å². The fourth-order valence-electron chi connectivity index (χ4n) is 0. The maximum absolute atomic E-state index is 4.53. The molecule has 0 radical (unpaired) electrons. The van der Waals surface area contributed by atoms with Crippen molar-refractivity contribution in [2.75, 3.05) is 0 Å². The standard InChI is InChI=1S/C2HCl.Mg.2H/c1-2-3;;;/h1H;;;/q;+2;2*-1. The van der Waals surface area contributed by atoms with Gasteiger partial charge in [0.05, 0.1) is 0 Å². The predicted molar refractivity (Wildman–Crippen MR) is 22.7 cm³/mol. The van der Waals surface area contributed by atoms with Crippen LogP contribution >= 0.6 is 11.6 Å². The van der Waals surface area contributed by atoms with Crippen molar-refractivity contribution in [3.05, 3.63) is 0 Å². The van der Waals surface area contributed by atoms with Gasteiger partial charge in [0.1, 0.15) is 0 Å². The average molecular weight is 86.8 g/mol. The summed E-state index contributed by atoms with van der Waals surface area (Å²) in [6, 6.07) is 0. The Bertz CT molecular complexity index is 33.0. The first-order valence-corrected chi connectivity index (χ1v) is 0.856. The molecule has 0 nitrogen and oxygen atoms in total. The quantitative estimate of drug-likeness (QED) is 0.300. The number of hydrogen-bond acceptors (Lipinski definition) is 0. The molecule has 0 atom stereocenters. The number of hydrogen-bond donors (Lipinski definition) is 0. The van der Waals surface area contributed by atoms with E-state index in [1.165, 1.54) is 0 Å². The third kappa shape index (κ3) is 18.0. The van der Waals surface area contributed by atoms with E-state index in [0.717, 1.165) is 0 Å². The predicted octanol–water partition coefficient (Wildman–Crippen LogP) is 0.660. The van der Waals surface area contributed by atoms with Gasteiger partial charge in [0.2, 0.25) is 0 Å².